The Morgan fingerprint density at radius 1 is 0.897 bits per heavy atom. The summed E-state index contributed by atoms with van der Waals surface area (Å²) in [6, 6.07) is 19.8. The Bertz CT molecular complexity index is 1110. The van der Waals surface area contributed by atoms with E-state index in [1.54, 1.807) is 25.1 Å². The number of ether oxygens (including phenoxy) is 1. The predicted octanol–water partition coefficient (Wildman–Crippen LogP) is 3.74. The SMILES string of the molecule is CC(Oc1ccc2ccccc2c1)C(=O)NNS(=O)(=O)c1ccc(C(C)C)cc1. The zero-order valence-corrected chi connectivity index (χ0v) is 17.4. The zero-order valence-electron chi connectivity index (χ0n) is 16.5. The lowest BCUT2D eigenvalue weighted by Crippen LogP contribution is -2.47. The molecule has 1 atom stereocenters. The first-order valence-electron chi connectivity index (χ1n) is 9.33. The van der Waals surface area contributed by atoms with E-state index in [0.717, 1.165) is 16.3 Å². The number of rotatable bonds is 7. The Hall–Kier alpha value is -2.90. The van der Waals surface area contributed by atoms with Crippen LogP contribution in [0.25, 0.3) is 10.8 Å². The van der Waals surface area contributed by atoms with Gasteiger partial charge in [-0.25, -0.2) is 8.42 Å². The Kier molecular flexibility index (Phi) is 6.20. The predicted molar refractivity (Wildman–Crippen MR) is 113 cm³/mol. The number of amides is 1. The highest BCUT2D eigenvalue weighted by Crippen LogP contribution is 2.21. The van der Waals surface area contributed by atoms with Gasteiger partial charge in [0.25, 0.3) is 15.9 Å². The van der Waals surface area contributed by atoms with Crippen molar-refractivity contribution in [3.63, 3.8) is 0 Å². The first-order valence-corrected chi connectivity index (χ1v) is 10.8. The normalized spacial score (nSPS) is 12.7. The number of hydrazine groups is 1. The van der Waals surface area contributed by atoms with E-state index in [4.69, 9.17) is 4.74 Å². The van der Waals surface area contributed by atoms with Gasteiger partial charge in [-0.2, -0.15) is 0 Å². The van der Waals surface area contributed by atoms with Crippen molar-refractivity contribution in [1.29, 1.82) is 0 Å². The molecule has 1 unspecified atom stereocenters. The van der Waals surface area contributed by atoms with Crippen molar-refractivity contribution in [3.8, 4) is 5.75 Å². The fraction of sp³-hybridized carbons (Fsp3) is 0.227. The Morgan fingerprint density at radius 3 is 2.21 bits per heavy atom. The number of fused-ring (bicyclic) bond motifs is 1. The van der Waals surface area contributed by atoms with Gasteiger partial charge in [0.2, 0.25) is 0 Å². The number of carbonyl (C=O) groups excluding carboxylic acids is 1. The minimum atomic E-state index is -3.87. The van der Waals surface area contributed by atoms with Gasteiger partial charge < -0.3 is 4.74 Å². The van der Waals surface area contributed by atoms with Crippen LogP contribution >= 0.6 is 0 Å². The summed E-state index contributed by atoms with van der Waals surface area (Å²) in [7, 11) is -3.87. The smallest absolute Gasteiger partial charge is 0.275 e. The monoisotopic (exact) mass is 412 g/mol. The van der Waals surface area contributed by atoms with Crippen LogP contribution in [0, 0.1) is 0 Å². The maximum Gasteiger partial charge on any atom is 0.275 e. The molecule has 1 amide bonds. The standard InChI is InChI=1S/C22H24N2O4S/c1-15(2)17-9-12-21(13-10-17)29(26,27)24-23-22(25)16(3)28-20-11-8-18-6-4-5-7-19(18)14-20/h4-16,24H,1-3H3,(H,23,25). The van der Waals surface area contributed by atoms with Gasteiger partial charge in [-0.15, -0.1) is 4.83 Å². The minimum Gasteiger partial charge on any atom is -0.481 e. The van der Waals surface area contributed by atoms with Crippen LogP contribution in [0.4, 0.5) is 0 Å². The summed E-state index contributed by atoms with van der Waals surface area (Å²) in [6.07, 6.45) is -0.887. The molecule has 3 aromatic rings. The second-order valence-electron chi connectivity index (χ2n) is 7.09. The van der Waals surface area contributed by atoms with Crippen molar-refractivity contribution in [1.82, 2.24) is 10.3 Å². The third-order valence-corrected chi connectivity index (χ3v) is 5.83. The Morgan fingerprint density at radius 2 is 1.55 bits per heavy atom. The fourth-order valence-electron chi connectivity index (χ4n) is 2.81. The van der Waals surface area contributed by atoms with Crippen LogP contribution in [0.1, 0.15) is 32.3 Å². The lowest BCUT2D eigenvalue weighted by molar-refractivity contribution is -0.127. The molecular formula is C22H24N2O4S. The summed E-state index contributed by atoms with van der Waals surface area (Å²) < 4.78 is 30.4. The molecule has 6 nitrogen and oxygen atoms in total. The minimum absolute atomic E-state index is 0.0744. The average Bonchev–Trinajstić information content (AvgIpc) is 2.72. The highest BCUT2D eigenvalue weighted by Gasteiger charge is 2.19. The molecule has 0 aliphatic rings. The highest BCUT2D eigenvalue weighted by molar-refractivity contribution is 7.89. The molecule has 0 radical (unpaired) electrons. The van der Waals surface area contributed by atoms with E-state index >= 15 is 0 Å². The summed E-state index contributed by atoms with van der Waals surface area (Å²) in [5, 5.41) is 2.05. The van der Waals surface area contributed by atoms with Gasteiger partial charge in [0, 0.05) is 0 Å². The molecule has 0 aromatic heterocycles. The highest BCUT2D eigenvalue weighted by atomic mass is 32.2. The van der Waals surface area contributed by atoms with Gasteiger partial charge >= 0.3 is 0 Å². The van der Waals surface area contributed by atoms with E-state index in [-0.39, 0.29) is 4.90 Å². The van der Waals surface area contributed by atoms with Crippen LogP contribution < -0.4 is 15.0 Å². The summed E-state index contributed by atoms with van der Waals surface area (Å²) in [6.45, 7) is 5.61. The number of benzene rings is 3. The molecule has 0 heterocycles. The van der Waals surface area contributed by atoms with Crippen LogP contribution in [0.2, 0.25) is 0 Å². The van der Waals surface area contributed by atoms with Crippen molar-refractivity contribution in [2.75, 3.05) is 0 Å². The molecule has 0 bridgehead atoms. The molecule has 2 N–H and O–H groups in total. The average molecular weight is 413 g/mol. The van der Waals surface area contributed by atoms with Crippen LogP contribution in [-0.4, -0.2) is 20.4 Å². The molecule has 152 valence electrons. The van der Waals surface area contributed by atoms with E-state index in [9.17, 15) is 13.2 Å². The summed E-state index contributed by atoms with van der Waals surface area (Å²) in [5.41, 5.74) is 3.25. The fourth-order valence-corrected chi connectivity index (χ4v) is 3.66. The third kappa shape index (κ3) is 5.13. The van der Waals surface area contributed by atoms with Crippen LogP contribution in [0.15, 0.2) is 71.6 Å². The molecule has 0 aliphatic heterocycles. The topological polar surface area (TPSA) is 84.5 Å². The lowest BCUT2D eigenvalue weighted by Gasteiger charge is -2.16. The molecule has 0 saturated heterocycles. The molecule has 29 heavy (non-hydrogen) atoms. The Labute approximate surface area is 170 Å². The summed E-state index contributed by atoms with van der Waals surface area (Å²) in [4.78, 5) is 14.5. The summed E-state index contributed by atoms with van der Waals surface area (Å²) in [5.74, 6) is 0.228. The van der Waals surface area contributed by atoms with Gasteiger partial charge in [-0.1, -0.05) is 56.3 Å². The second-order valence-corrected chi connectivity index (χ2v) is 8.77. The van der Waals surface area contributed by atoms with E-state index in [0.29, 0.717) is 11.7 Å². The molecule has 3 rings (SSSR count). The number of carbonyl (C=O) groups is 1. The first-order chi connectivity index (χ1) is 13.8. The van der Waals surface area contributed by atoms with Gasteiger partial charge in [0.15, 0.2) is 6.10 Å². The van der Waals surface area contributed by atoms with Crippen LogP contribution in [0.5, 0.6) is 5.75 Å². The van der Waals surface area contributed by atoms with Gasteiger partial charge in [-0.05, 0) is 53.4 Å². The Balaban J connectivity index is 1.61. The van der Waals surface area contributed by atoms with Crippen molar-refractivity contribution in [2.24, 2.45) is 0 Å². The molecule has 7 heteroatoms. The number of sulfonamides is 1. The first kappa shape index (κ1) is 20.8. The number of hydrogen-bond acceptors (Lipinski definition) is 4. The van der Waals surface area contributed by atoms with Crippen molar-refractivity contribution >= 4 is 26.7 Å². The van der Waals surface area contributed by atoms with Gasteiger partial charge in [-0.3, -0.25) is 10.2 Å². The maximum atomic E-state index is 12.4. The second kappa shape index (κ2) is 8.63. The van der Waals surface area contributed by atoms with Crippen LogP contribution in [-0.2, 0) is 14.8 Å². The summed E-state index contributed by atoms with van der Waals surface area (Å²) >= 11 is 0. The van der Waals surface area contributed by atoms with Crippen LogP contribution in [0.3, 0.4) is 0 Å². The molecule has 3 aromatic carbocycles. The van der Waals surface area contributed by atoms with Crippen molar-refractivity contribution < 1.29 is 17.9 Å². The maximum absolute atomic E-state index is 12.4. The number of nitrogens with one attached hydrogen (secondary N) is 2. The number of hydrogen-bond donors (Lipinski definition) is 2. The van der Waals surface area contributed by atoms with E-state index in [1.165, 1.54) is 12.1 Å². The van der Waals surface area contributed by atoms with Crippen molar-refractivity contribution in [3.05, 3.63) is 72.3 Å². The quantitative estimate of drug-likeness (QED) is 0.579. The largest absolute Gasteiger partial charge is 0.481 e. The third-order valence-electron chi connectivity index (χ3n) is 4.57. The molecule has 0 aliphatic carbocycles. The van der Waals surface area contributed by atoms with E-state index in [1.807, 2.05) is 50.2 Å². The van der Waals surface area contributed by atoms with E-state index in [2.05, 4.69) is 10.3 Å². The van der Waals surface area contributed by atoms with E-state index < -0.39 is 22.0 Å². The molecule has 0 fully saturated rings. The lowest BCUT2D eigenvalue weighted by atomic mass is 10.0. The molecular weight excluding hydrogens is 388 g/mol. The van der Waals surface area contributed by atoms with Gasteiger partial charge in [0.1, 0.15) is 5.75 Å². The molecule has 0 saturated carbocycles. The van der Waals surface area contributed by atoms with Gasteiger partial charge in [0.05, 0.1) is 4.90 Å². The molecule has 0 spiro atoms. The zero-order chi connectivity index (χ0) is 21.0. The van der Waals surface area contributed by atoms with Crippen molar-refractivity contribution in [2.45, 2.75) is 37.7 Å².